The molecule has 6 nitrogen and oxygen atoms in total. The van der Waals surface area contributed by atoms with Crippen molar-refractivity contribution < 1.29 is 9.59 Å². The number of carbonyl (C=O) groups excluding carboxylic acids is 2. The van der Waals surface area contributed by atoms with Crippen molar-refractivity contribution in [3.8, 4) is 0 Å². The molecular formula is C19H30N4O2. The summed E-state index contributed by atoms with van der Waals surface area (Å²) >= 11 is 0. The molecule has 0 aromatic carbocycles. The van der Waals surface area contributed by atoms with E-state index >= 15 is 0 Å². The number of nitrogens with zero attached hydrogens (tertiary/aromatic N) is 2. The predicted molar refractivity (Wildman–Crippen MR) is 96.1 cm³/mol. The number of rotatable bonds is 6. The van der Waals surface area contributed by atoms with Gasteiger partial charge in [0.05, 0.1) is 17.8 Å². The molecule has 1 aromatic heterocycles. The summed E-state index contributed by atoms with van der Waals surface area (Å²) in [5, 5.41) is 7.55. The van der Waals surface area contributed by atoms with Crippen LogP contribution in [0.4, 0.5) is 0 Å². The summed E-state index contributed by atoms with van der Waals surface area (Å²) in [6, 6.07) is 0.251. The second-order valence-electron chi connectivity index (χ2n) is 7.67. The van der Waals surface area contributed by atoms with Crippen molar-refractivity contribution in [2.75, 3.05) is 0 Å². The average Bonchev–Trinajstić information content (AvgIpc) is 3.24. The van der Waals surface area contributed by atoms with Gasteiger partial charge in [0.1, 0.15) is 0 Å². The molecule has 2 aliphatic carbocycles. The second-order valence-corrected chi connectivity index (χ2v) is 7.67. The molecule has 2 saturated carbocycles. The van der Waals surface area contributed by atoms with E-state index in [0.29, 0.717) is 17.5 Å². The number of aromatic nitrogens is 2. The van der Waals surface area contributed by atoms with E-state index in [-0.39, 0.29) is 24.3 Å². The summed E-state index contributed by atoms with van der Waals surface area (Å²) in [4.78, 5) is 24.3. The van der Waals surface area contributed by atoms with E-state index in [4.69, 9.17) is 5.73 Å². The van der Waals surface area contributed by atoms with E-state index in [9.17, 15) is 9.59 Å². The van der Waals surface area contributed by atoms with E-state index < -0.39 is 0 Å². The van der Waals surface area contributed by atoms with Crippen LogP contribution in [0.1, 0.15) is 86.3 Å². The number of nitrogens with one attached hydrogen (secondary N) is 1. The summed E-state index contributed by atoms with van der Waals surface area (Å²) in [5.41, 5.74) is 6.97. The standard InChI is InChI=1S/C19H30N4O2/c1-13-16(12-21-23(13)15-9-5-6-10-15)19(25)22-17(11-18(20)24)14-7-3-2-4-8-14/h12,14-15,17H,2-11H2,1H3,(H2,20,24)(H,22,25). The topological polar surface area (TPSA) is 90.0 Å². The van der Waals surface area contributed by atoms with Gasteiger partial charge in [-0.25, -0.2) is 0 Å². The fraction of sp³-hybridized carbons (Fsp3) is 0.737. The minimum absolute atomic E-state index is 0.126. The normalized spacial score (nSPS) is 20.5. The summed E-state index contributed by atoms with van der Waals surface area (Å²) in [6.45, 7) is 1.96. The van der Waals surface area contributed by atoms with Crippen LogP contribution in [-0.2, 0) is 4.79 Å². The Morgan fingerprint density at radius 1 is 1.20 bits per heavy atom. The van der Waals surface area contributed by atoms with Crippen LogP contribution in [0.5, 0.6) is 0 Å². The highest BCUT2D eigenvalue weighted by Gasteiger charge is 2.28. The Morgan fingerprint density at radius 2 is 1.84 bits per heavy atom. The minimum atomic E-state index is -0.353. The molecule has 2 fully saturated rings. The largest absolute Gasteiger partial charge is 0.370 e. The quantitative estimate of drug-likeness (QED) is 0.830. The van der Waals surface area contributed by atoms with Gasteiger partial charge >= 0.3 is 0 Å². The Kier molecular flexibility index (Phi) is 5.76. The lowest BCUT2D eigenvalue weighted by molar-refractivity contribution is -0.118. The van der Waals surface area contributed by atoms with Gasteiger partial charge in [-0.15, -0.1) is 0 Å². The maximum absolute atomic E-state index is 12.8. The van der Waals surface area contributed by atoms with Crippen molar-refractivity contribution >= 4 is 11.8 Å². The first-order valence-electron chi connectivity index (χ1n) is 9.69. The molecule has 1 atom stereocenters. The van der Waals surface area contributed by atoms with Gasteiger partial charge in [-0.2, -0.15) is 5.10 Å². The molecule has 2 amide bonds. The Bertz CT molecular complexity index is 613. The zero-order chi connectivity index (χ0) is 17.8. The first kappa shape index (κ1) is 18.0. The van der Waals surface area contributed by atoms with Crippen LogP contribution < -0.4 is 11.1 Å². The minimum Gasteiger partial charge on any atom is -0.370 e. The van der Waals surface area contributed by atoms with E-state index in [0.717, 1.165) is 44.2 Å². The van der Waals surface area contributed by atoms with Gasteiger partial charge in [0, 0.05) is 18.2 Å². The molecule has 0 spiro atoms. The van der Waals surface area contributed by atoms with Gasteiger partial charge in [-0.3, -0.25) is 14.3 Å². The predicted octanol–water partition coefficient (Wildman–Crippen LogP) is 2.86. The molecule has 0 aliphatic heterocycles. The lowest BCUT2D eigenvalue weighted by Crippen LogP contribution is -2.43. The summed E-state index contributed by atoms with van der Waals surface area (Å²) in [6.07, 6.45) is 12.3. The van der Waals surface area contributed by atoms with Gasteiger partial charge in [0.25, 0.3) is 5.91 Å². The molecule has 0 bridgehead atoms. The number of hydrogen-bond acceptors (Lipinski definition) is 3. The van der Waals surface area contributed by atoms with Crippen molar-refractivity contribution in [2.24, 2.45) is 11.7 Å². The van der Waals surface area contributed by atoms with Crippen LogP contribution in [-0.4, -0.2) is 27.6 Å². The van der Waals surface area contributed by atoms with E-state index in [2.05, 4.69) is 10.4 Å². The SMILES string of the molecule is Cc1c(C(=O)NC(CC(N)=O)C2CCCCC2)cnn1C1CCCC1. The van der Waals surface area contributed by atoms with E-state index in [1.54, 1.807) is 6.20 Å². The molecule has 25 heavy (non-hydrogen) atoms. The van der Waals surface area contributed by atoms with Crippen molar-refractivity contribution in [1.29, 1.82) is 0 Å². The Hall–Kier alpha value is -1.85. The van der Waals surface area contributed by atoms with Crippen molar-refractivity contribution in [3.05, 3.63) is 17.5 Å². The molecule has 6 heteroatoms. The molecule has 1 aromatic rings. The fourth-order valence-electron chi connectivity index (χ4n) is 4.50. The molecular weight excluding hydrogens is 316 g/mol. The highest BCUT2D eigenvalue weighted by Crippen LogP contribution is 2.31. The Balaban J connectivity index is 1.71. The molecule has 138 valence electrons. The summed E-state index contributed by atoms with van der Waals surface area (Å²) in [5.74, 6) is -0.136. The van der Waals surface area contributed by atoms with Gasteiger partial charge in [0.2, 0.25) is 5.91 Å². The van der Waals surface area contributed by atoms with E-state index in [1.165, 1.54) is 19.3 Å². The smallest absolute Gasteiger partial charge is 0.254 e. The highest BCUT2D eigenvalue weighted by atomic mass is 16.2. The van der Waals surface area contributed by atoms with Gasteiger partial charge < -0.3 is 11.1 Å². The van der Waals surface area contributed by atoms with Crippen LogP contribution >= 0.6 is 0 Å². The number of hydrogen-bond donors (Lipinski definition) is 2. The Morgan fingerprint density at radius 3 is 2.48 bits per heavy atom. The first-order valence-corrected chi connectivity index (χ1v) is 9.69. The fourth-order valence-corrected chi connectivity index (χ4v) is 4.50. The zero-order valence-corrected chi connectivity index (χ0v) is 15.2. The van der Waals surface area contributed by atoms with Crippen LogP contribution in [0, 0.1) is 12.8 Å². The molecule has 1 unspecified atom stereocenters. The number of amides is 2. The monoisotopic (exact) mass is 346 g/mol. The number of primary amides is 1. The summed E-state index contributed by atoms with van der Waals surface area (Å²) in [7, 11) is 0. The number of nitrogens with two attached hydrogens (primary N) is 1. The van der Waals surface area contributed by atoms with Gasteiger partial charge in [-0.1, -0.05) is 32.1 Å². The van der Waals surface area contributed by atoms with Crippen LogP contribution in [0.25, 0.3) is 0 Å². The second kappa shape index (κ2) is 8.02. The molecule has 1 heterocycles. The maximum atomic E-state index is 12.8. The third-order valence-corrected chi connectivity index (χ3v) is 5.92. The Labute approximate surface area is 149 Å². The lowest BCUT2D eigenvalue weighted by Gasteiger charge is -2.30. The van der Waals surface area contributed by atoms with Crippen molar-refractivity contribution in [1.82, 2.24) is 15.1 Å². The number of carbonyl (C=O) groups is 2. The van der Waals surface area contributed by atoms with Crippen LogP contribution in [0.15, 0.2) is 6.20 Å². The van der Waals surface area contributed by atoms with Crippen molar-refractivity contribution in [3.63, 3.8) is 0 Å². The summed E-state index contributed by atoms with van der Waals surface area (Å²) < 4.78 is 2.01. The average molecular weight is 346 g/mol. The van der Waals surface area contributed by atoms with Crippen LogP contribution in [0.2, 0.25) is 0 Å². The van der Waals surface area contributed by atoms with Gasteiger partial charge in [0.15, 0.2) is 0 Å². The molecule has 0 saturated heterocycles. The molecule has 3 rings (SSSR count). The maximum Gasteiger partial charge on any atom is 0.254 e. The highest BCUT2D eigenvalue weighted by molar-refractivity contribution is 5.95. The third kappa shape index (κ3) is 4.22. The third-order valence-electron chi connectivity index (χ3n) is 5.92. The van der Waals surface area contributed by atoms with E-state index in [1.807, 2.05) is 11.6 Å². The molecule has 0 radical (unpaired) electrons. The van der Waals surface area contributed by atoms with Crippen molar-refractivity contribution in [2.45, 2.75) is 83.2 Å². The zero-order valence-electron chi connectivity index (χ0n) is 15.2. The lowest BCUT2D eigenvalue weighted by atomic mass is 9.82. The molecule has 2 aliphatic rings. The van der Waals surface area contributed by atoms with Gasteiger partial charge in [-0.05, 0) is 38.5 Å². The molecule has 3 N–H and O–H groups in total. The van der Waals surface area contributed by atoms with Crippen LogP contribution in [0.3, 0.4) is 0 Å². The first-order chi connectivity index (χ1) is 12.1.